The molecule has 0 aliphatic carbocycles. The zero-order chi connectivity index (χ0) is 50.9. The molecule has 8 aromatic rings. The van der Waals surface area contributed by atoms with E-state index in [1.54, 1.807) is 0 Å². The summed E-state index contributed by atoms with van der Waals surface area (Å²) in [6.45, 7) is 12.3. The lowest BCUT2D eigenvalue weighted by Gasteiger charge is -1.98. The van der Waals surface area contributed by atoms with Crippen molar-refractivity contribution in [1.82, 2.24) is 23.3 Å². The molecule has 0 saturated heterocycles. The van der Waals surface area contributed by atoms with Gasteiger partial charge in [-0.25, -0.2) is 54.8 Å². The van der Waals surface area contributed by atoms with Crippen molar-refractivity contribution in [3.05, 3.63) is 185 Å². The molecule has 8 aromatic heterocycles. The van der Waals surface area contributed by atoms with Gasteiger partial charge in [-0.2, -0.15) is 0 Å². The molecule has 0 aliphatic rings. The van der Waals surface area contributed by atoms with Gasteiger partial charge in [0.05, 0.1) is 63.4 Å². The predicted molar refractivity (Wildman–Crippen MR) is 276 cm³/mol. The number of rotatable bonds is 13. The second-order valence-corrected chi connectivity index (χ2v) is 17.6. The number of aromatic nitrogens is 13. The van der Waals surface area contributed by atoms with Crippen LogP contribution in [0, 0.1) is 6.92 Å². The summed E-state index contributed by atoms with van der Waals surface area (Å²) in [5.41, 5.74) is 1.34. The first-order valence-electron chi connectivity index (χ1n) is 24.9. The van der Waals surface area contributed by atoms with Gasteiger partial charge in [-0.05, 0) is 19.4 Å². The van der Waals surface area contributed by atoms with Crippen molar-refractivity contribution in [3.63, 3.8) is 0 Å². The van der Waals surface area contributed by atoms with Crippen LogP contribution < -0.4 is 36.5 Å². The van der Waals surface area contributed by atoms with E-state index in [1.807, 2.05) is 204 Å². The lowest BCUT2D eigenvalue weighted by atomic mass is 10.1. The Morgan fingerprint density at radius 2 is 0.754 bits per heavy atom. The van der Waals surface area contributed by atoms with E-state index in [4.69, 9.17) is 0 Å². The van der Waals surface area contributed by atoms with Crippen LogP contribution in [0.1, 0.15) is 90.5 Å². The Kier molecular flexibility index (Phi) is 34.6. The summed E-state index contributed by atoms with van der Waals surface area (Å²) in [6, 6.07) is 16.7. The first kappa shape index (κ1) is 60.5. The first-order valence-corrected chi connectivity index (χ1v) is 24.9. The molecule has 376 valence electrons. The van der Waals surface area contributed by atoms with E-state index in [0.29, 0.717) is 0 Å². The number of hydrogen-bond acceptors (Lipinski definition) is 0. The van der Waals surface area contributed by atoms with Crippen LogP contribution in [0.3, 0.4) is 0 Å². The highest BCUT2D eigenvalue weighted by molar-refractivity contribution is 5.01. The minimum absolute atomic E-state index is 1.15. The van der Waals surface area contributed by atoms with Crippen LogP contribution >= 0.6 is 0 Å². The number of pyridine rings is 3. The summed E-state index contributed by atoms with van der Waals surface area (Å²) >= 11 is 0. The Morgan fingerprint density at radius 3 is 1.04 bits per heavy atom. The van der Waals surface area contributed by atoms with E-state index in [9.17, 15) is 0 Å². The quantitative estimate of drug-likeness (QED) is 0.103. The van der Waals surface area contributed by atoms with Gasteiger partial charge < -0.3 is 0 Å². The van der Waals surface area contributed by atoms with Crippen LogP contribution in [0.5, 0.6) is 0 Å². The van der Waals surface area contributed by atoms with Gasteiger partial charge in [-0.3, -0.25) is 4.98 Å². The number of nitrogens with one attached hydrogen (secondary N) is 1. The molecule has 8 rings (SSSR count). The minimum Gasteiger partial charge on any atom is -0.250 e. The maximum absolute atomic E-state index is 2.89. The van der Waals surface area contributed by atoms with Crippen LogP contribution in [0.4, 0.5) is 0 Å². The molecule has 1 N–H and O–H groups in total. The molecular formula is C56H95N13+8. The van der Waals surface area contributed by atoms with E-state index in [-0.39, 0.29) is 0 Å². The SMILES string of the molecule is CCCCCCCC[n+]1ccccc1.CCCC[n+]1cccc(C)c1.CCCC[n+]1ccccc1.C[n+]1cc[nH]c1.Cn1cc[n+](C)c1.Cn1cc[n+](C)c1.Cn1cc[n+](C)c1.Cn1cc[n+](C)c1. The van der Waals surface area contributed by atoms with Crippen LogP contribution in [0.15, 0.2) is 179 Å². The predicted octanol–water partition coefficient (Wildman–Crippen LogP) is 6.43. The van der Waals surface area contributed by atoms with E-state index in [0.717, 1.165) is 13.1 Å². The number of H-pyrrole nitrogens is 1. The largest absolute Gasteiger partial charge is 0.250 e. The van der Waals surface area contributed by atoms with E-state index in [2.05, 4.69) is 126 Å². The van der Waals surface area contributed by atoms with Crippen LogP contribution in [-0.2, 0) is 83.1 Å². The number of nitrogens with zero attached hydrogens (tertiary/aromatic N) is 12. The molecule has 0 atom stereocenters. The van der Waals surface area contributed by atoms with E-state index >= 15 is 0 Å². The van der Waals surface area contributed by atoms with Crippen molar-refractivity contribution in [2.45, 2.75) is 112 Å². The summed E-state index contributed by atoms with van der Waals surface area (Å²) in [5.74, 6) is 0. The summed E-state index contributed by atoms with van der Waals surface area (Å²) < 4.78 is 24.7. The Labute approximate surface area is 418 Å². The van der Waals surface area contributed by atoms with Crippen molar-refractivity contribution < 1.29 is 36.5 Å². The number of imidazole rings is 5. The smallest absolute Gasteiger partial charge is 0.243 e. The van der Waals surface area contributed by atoms with Crippen LogP contribution in [-0.4, -0.2) is 23.3 Å². The highest BCUT2D eigenvalue weighted by atomic mass is 15.1. The van der Waals surface area contributed by atoms with Crippen molar-refractivity contribution in [3.8, 4) is 0 Å². The average molecular weight is 950 g/mol. The molecule has 0 fully saturated rings. The minimum atomic E-state index is 1.15. The van der Waals surface area contributed by atoms with Crippen molar-refractivity contribution in [2.75, 3.05) is 0 Å². The summed E-state index contributed by atoms with van der Waals surface area (Å²) in [6.07, 6.45) is 55.8. The molecule has 0 aliphatic heterocycles. The number of aryl methyl sites for hydroxylation is 13. The molecule has 0 amide bonds. The number of hydrogen-bond donors (Lipinski definition) is 1. The third-order valence-electron chi connectivity index (χ3n) is 10.2. The third kappa shape index (κ3) is 35.3. The van der Waals surface area contributed by atoms with Gasteiger partial charge in [0, 0.05) is 55.2 Å². The van der Waals surface area contributed by atoms with Gasteiger partial charge >= 0.3 is 0 Å². The molecule has 13 nitrogen and oxygen atoms in total. The van der Waals surface area contributed by atoms with Gasteiger partial charge in [0.25, 0.3) is 0 Å². The standard InChI is InChI=1S/C13H22N.C10H16N.C9H14N.4C5H9N2.C4H6N2/c1-2-3-4-5-6-8-11-14-12-9-7-10-13-14;1-3-4-7-11-8-5-6-10(2)9-11;1-2-3-7-10-8-5-4-6-9-10;4*1-6-3-4-7(2)5-6;1-6-3-2-5-4-6/h7,9-10,12-13H,2-6,8,11H2,1H3;5-6,8-9H,3-4,7H2,1-2H3;4-6,8-9H,2-3,7H2,1H3;4*3-5H,1-2H3;2-4H,1H3/q7*+1;/p+1. The van der Waals surface area contributed by atoms with Crippen LogP contribution in [0.2, 0.25) is 0 Å². The fourth-order valence-electron chi connectivity index (χ4n) is 6.38. The molecule has 0 unspecified atom stereocenters. The van der Waals surface area contributed by atoms with E-state index < -0.39 is 0 Å². The maximum Gasteiger partial charge on any atom is 0.243 e. The summed E-state index contributed by atoms with van der Waals surface area (Å²) in [5, 5.41) is 0. The Bertz CT molecular complexity index is 2100. The van der Waals surface area contributed by atoms with Gasteiger partial charge in [0.1, 0.15) is 81.6 Å². The zero-order valence-electron chi connectivity index (χ0n) is 45.3. The Morgan fingerprint density at radius 1 is 0.391 bits per heavy atom. The lowest BCUT2D eigenvalue weighted by molar-refractivity contribution is -0.697. The van der Waals surface area contributed by atoms with Gasteiger partial charge in [-0.15, -0.1) is 0 Å². The van der Waals surface area contributed by atoms with Crippen molar-refractivity contribution in [1.29, 1.82) is 0 Å². The van der Waals surface area contributed by atoms with Crippen molar-refractivity contribution in [2.24, 2.45) is 63.4 Å². The van der Waals surface area contributed by atoms with Gasteiger partial charge in [0.2, 0.25) is 31.6 Å². The second-order valence-electron chi connectivity index (χ2n) is 17.6. The second kappa shape index (κ2) is 39.5. The topological polar surface area (TPSA) is 66.5 Å². The maximum atomic E-state index is 2.89. The Balaban J connectivity index is 0.000000400. The van der Waals surface area contributed by atoms with E-state index in [1.165, 1.54) is 76.3 Å². The lowest BCUT2D eigenvalue weighted by Crippen LogP contribution is -2.32. The summed E-state index contributed by atoms with van der Waals surface area (Å²) in [7, 11) is 18.0. The number of unbranched alkanes of at least 4 members (excludes halogenated alkanes) is 7. The van der Waals surface area contributed by atoms with Gasteiger partial charge in [-0.1, -0.05) is 71.4 Å². The highest BCUT2D eigenvalue weighted by Crippen LogP contribution is 2.04. The molecule has 0 aromatic carbocycles. The molecule has 8 heterocycles. The normalized spacial score (nSPS) is 9.70. The molecule has 0 saturated carbocycles. The number of aromatic amines is 1. The first-order chi connectivity index (χ1) is 33.2. The highest BCUT2D eigenvalue weighted by Gasteiger charge is 1.99. The fourth-order valence-corrected chi connectivity index (χ4v) is 6.38. The molecule has 0 radical (unpaired) electrons. The monoisotopic (exact) mass is 950 g/mol. The third-order valence-corrected chi connectivity index (χ3v) is 10.2. The average Bonchev–Trinajstić information content (AvgIpc) is 4.22. The fraction of sp³-hybridized carbons (Fsp3) is 0.464. The molecule has 13 heteroatoms. The molecule has 0 bridgehead atoms. The Hall–Kier alpha value is -6.50. The van der Waals surface area contributed by atoms with Crippen molar-refractivity contribution >= 4 is 0 Å². The molecule has 69 heavy (non-hydrogen) atoms. The zero-order valence-corrected chi connectivity index (χ0v) is 45.3. The van der Waals surface area contributed by atoms with Crippen LogP contribution in [0.25, 0.3) is 0 Å². The van der Waals surface area contributed by atoms with Gasteiger partial charge in [0.15, 0.2) is 37.2 Å². The molecular weight excluding hydrogens is 855 g/mol. The summed E-state index contributed by atoms with van der Waals surface area (Å²) in [4.78, 5) is 2.89. The molecule has 0 spiro atoms.